The maximum Gasteiger partial charge on any atom is 0.328 e. The molecule has 7 nitrogen and oxygen atoms in total. The Morgan fingerprint density at radius 2 is 2.25 bits per heavy atom. The van der Waals surface area contributed by atoms with E-state index in [9.17, 15) is 14.4 Å². The van der Waals surface area contributed by atoms with E-state index in [1.807, 2.05) is 0 Å². The number of hydrogen-bond acceptors (Lipinski definition) is 5. The summed E-state index contributed by atoms with van der Waals surface area (Å²) < 4.78 is 5.59. The van der Waals surface area contributed by atoms with Crippen molar-refractivity contribution in [3.05, 3.63) is 32.6 Å². The van der Waals surface area contributed by atoms with E-state index in [0.29, 0.717) is 5.56 Å². The van der Waals surface area contributed by atoms with E-state index < -0.39 is 23.3 Å². The number of aryl methyl sites for hydroxylation is 1. The van der Waals surface area contributed by atoms with Crippen LogP contribution in [0, 0.1) is 6.92 Å². The fraction of sp³-hybridized carbons (Fsp3) is 0.444. The molecule has 1 rings (SSSR count). The Kier molecular flexibility index (Phi) is 3.62. The molecule has 3 N–H and O–H groups in total. The van der Waals surface area contributed by atoms with Crippen molar-refractivity contribution in [3.63, 3.8) is 0 Å². The first-order chi connectivity index (χ1) is 7.45. The van der Waals surface area contributed by atoms with Gasteiger partial charge in [0.15, 0.2) is 0 Å². The number of carbonyl (C=O) groups is 1. The van der Waals surface area contributed by atoms with Gasteiger partial charge in [0.2, 0.25) is 0 Å². The number of nitrogens with one attached hydrogen (secondary N) is 1. The smallest absolute Gasteiger partial charge is 0.328 e. The molecular weight excluding hydrogens is 214 g/mol. The van der Waals surface area contributed by atoms with E-state index >= 15 is 0 Å². The molecule has 88 valence electrons. The first-order valence-corrected chi connectivity index (χ1v) is 4.59. The summed E-state index contributed by atoms with van der Waals surface area (Å²) in [4.78, 5) is 35.6. The van der Waals surface area contributed by atoms with Crippen molar-refractivity contribution in [2.45, 2.75) is 19.5 Å². The lowest BCUT2D eigenvalue weighted by molar-refractivity contribution is -0.142. The molecule has 16 heavy (non-hydrogen) atoms. The molecule has 0 unspecified atom stereocenters. The number of esters is 1. The van der Waals surface area contributed by atoms with Gasteiger partial charge in [-0.25, -0.2) is 4.79 Å². The lowest BCUT2D eigenvalue weighted by Gasteiger charge is -2.11. The fourth-order valence-electron chi connectivity index (χ4n) is 1.19. The third kappa shape index (κ3) is 2.57. The van der Waals surface area contributed by atoms with Crippen molar-refractivity contribution in [1.29, 1.82) is 0 Å². The van der Waals surface area contributed by atoms with E-state index in [4.69, 9.17) is 5.73 Å². The van der Waals surface area contributed by atoms with Gasteiger partial charge in [-0.15, -0.1) is 0 Å². The van der Waals surface area contributed by atoms with Crippen molar-refractivity contribution in [3.8, 4) is 0 Å². The van der Waals surface area contributed by atoms with Crippen molar-refractivity contribution in [1.82, 2.24) is 9.55 Å². The third-order valence-electron chi connectivity index (χ3n) is 2.09. The van der Waals surface area contributed by atoms with Crippen LogP contribution in [0.4, 0.5) is 0 Å². The van der Waals surface area contributed by atoms with Gasteiger partial charge < -0.3 is 10.5 Å². The van der Waals surface area contributed by atoms with E-state index in [1.165, 1.54) is 13.3 Å². The van der Waals surface area contributed by atoms with Gasteiger partial charge in [-0.2, -0.15) is 0 Å². The van der Waals surface area contributed by atoms with Crippen LogP contribution in [0.3, 0.4) is 0 Å². The van der Waals surface area contributed by atoms with Crippen LogP contribution in [0.15, 0.2) is 15.8 Å². The minimum Gasteiger partial charge on any atom is -0.468 e. The maximum atomic E-state index is 11.3. The molecule has 0 amide bonds. The number of nitrogens with two attached hydrogens (primary N) is 1. The molecule has 0 fully saturated rings. The topological polar surface area (TPSA) is 107 Å². The highest BCUT2D eigenvalue weighted by atomic mass is 16.5. The molecule has 0 radical (unpaired) electrons. The zero-order valence-electron chi connectivity index (χ0n) is 9.02. The van der Waals surface area contributed by atoms with Crippen LogP contribution in [-0.4, -0.2) is 28.7 Å². The molecule has 1 atom stereocenters. The highest BCUT2D eigenvalue weighted by molar-refractivity contribution is 5.75. The average molecular weight is 227 g/mol. The number of H-pyrrole nitrogens is 1. The van der Waals surface area contributed by atoms with Gasteiger partial charge in [-0.1, -0.05) is 0 Å². The highest BCUT2D eigenvalue weighted by Gasteiger charge is 2.15. The Morgan fingerprint density at radius 3 is 2.81 bits per heavy atom. The lowest BCUT2D eigenvalue weighted by Crippen LogP contribution is -2.41. The van der Waals surface area contributed by atoms with Crippen molar-refractivity contribution >= 4 is 5.97 Å². The maximum absolute atomic E-state index is 11.3. The summed E-state index contributed by atoms with van der Waals surface area (Å²) in [7, 11) is 1.21. The summed E-state index contributed by atoms with van der Waals surface area (Å²) in [5.41, 5.74) is 4.81. The molecule has 0 spiro atoms. The number of ether oxygens (including phenoxy) is 1. The number of hydrogen-bond donors (Lipinski definition) is 2. The third-order valence-corrected chi connectivity index (χ3v) is 2.09. The zero-order chi connectivity index (χ0) is 12.3. The Balaban J connectivity index is 2.98. The second-order valence-corrected chi connectivity index (χ2v) is 3.35. The van der Waals surface area contributed by atoms with Gasteiger partial charge in [-0.3, -0.25) is 19.1 Å². The van der Waals surface area contributed by atoms with Crippen LogP contribution in [0.2, 0.25) is 0 Å². The molecule has 1 aromatic heterocycles. The highest BCUT2D eigenvalue weighted by Crippen LogP contribution is 1.90. The number of nitrogens with zero attached hydrogens (tertiary/aromatic N) is 1. The summed E-state index contributed by atoms with van der Waals surface area (Å²) in [6.45, 7) is 1.52. The summed E-state index contributed by atoms with van der Waals surface area (Å²) >= 11 is 0. The SMILES string of the molecule is COC(=O)[C@H](N)Cn1cc(C)c(=O)[nH]c1=O. The molecule has 1 aromatic rings. The quantitative estimate of drug-likeness (QED) is 0.601. The molecule has 0 aliphatic rings. The van der Waals surface area contributed by atoms with Crippen molar-refractivity contribution < 1.29 is 9.53 Å². The van der Waals surface area contributed by atoms with Crippen molar-refractivity contribution in [2.75, 3.05) is 7.11 Å². The molecule has 0 aliphatic carbocycles. The van der Waals surface area contributed by atoms with Crippen LogP contribution < -0.4 is 17.0 Å². The van der Waals surface area contributed by atoms with E-state index in [1.54, 1.807) is 6.92 Å². The van der Waals surface area contributed by atoms with Crippen LogP contribution in [0.1, 0.15) is 5.56 Å². The summed E-state index contributed by atoms with van der Waals surface area (Å²) in [6, 6.07) is -0.937. The van der Waals surface area contributed by atoms with Gasteiger partial charge in [0, 0.05) is 11.8 Å². The Bertz CT molecular complexity index is 502. The van der Waals surface area contributed by atoms with Crippen LogP contribution in [-0.2, 0) is 16.1 Å². The predicted molar refractivity (Wildman–Crippen MR) is 56.1 cm³/mol. The summed E-state index contributed by atoms with van der Waals surface area (Å²) in [5.74, 6) is -0.615. The second kappa shape index (κ2) is 4.75. The Hall–Kier alpha value is -1.89. The molecule has 0 aliphatic heterocycles. The number of rotatable bonds is 3. The van der Waals surface area contributed by atoms with Gasteiger partial charge in [0.05, 0.1) is 13.7 Å². The largest absolute Gasteiger partial charge is 0.468 e. The van der Waals surface area contributed by atoms with E-state index in [-0.39, 0.29) is 6.54 Å². The minimum absolute atomic E-state index is 0.0386. The second-order valence-electron chi connectivity index (χ2n) is 3.35. The zero-order valence-corrected chi connectivity index (χ0v) is 9.02. The van der Waals surface area contributed by atoms with E-state index in [0.717, 1.165) is 4.57 Å². The van der Waals surface area contributed by atoms with Gasteiger partial charge in [0.1, 0.15) is 6.04 Å². The van der Waals surface area contributed by atoms with Crippen LogP contribution in [0.5, 0.6) is 0 Å². The first kappa shape index (κ1) is 12.2. The normalized spacial score (nSPS) is 12.2. The first-order valence-electron chi connectivity index (χ1n) is 4.59. The number of carbonyl (C=O) groups excluding carboxylic acids is 1. The average Bonchev–Trinajstić information content (AvgIpc) is 2.24. The Labute approximate surface area is 90.8 Å². The molecule has 0 aromatic carbocycles. The standard InChI is InChI=1S/C9H13N3O4/c1-5-3-12(9(15)11-7(5)13)4-6(10)8(14)16-2/h3,6H,4,10H2,1-2H3,(H,11,13,15)/t6-/m1/s1. The van der Waals surface area contributed by atoms with Gasteiger partial charge in [0.25, 0.3) is 5.56 Å². The van der Waals surface area contributed by atoms with Crippen molar-refractivity contribution in [2.24, 2.45) is 5.73 Å². The molecule has 0 saturated carbocycles. The number of aromatic nitrogens is 2. The van der Waals surface area contributed by atoms with Gasteiger partial charge in [-0.05, 0) is 6.92 Å². The Morgan fingerprint density at radius 1 is 1.62 bits per heavy atom. The molecule has 0 bridgehead atoms. The van der Waals surface area contributed by atoms with Crippen LogP contribution >= 0.6 is 0 Å². The lowest BCUT2D eigenvalue weighted by atomic mass is 10.3. The number of aromatic amines is 1. The van der Waals surface area contributed by atoms with Gasteiger partial charge >= 0.3 is 11.7 Å². The minimum atomic E-state index is -0.937. The molecule has 0 saturated heterocycles. The molecule has 1 heterocycles. The predicted octanol–water partition coefficient (Wildman–Crippen LogP) is -1.65. The molecular formula is C9H13N3O4. The van der Waals surface area contributed by atoms with E-state index in [2.05, 4.69) is 9.72 Å². The fourth-order valence-corrected chi connectivity index (χ4v) is 1.19. The number of methoxy groups -OCH3 is 1. The van der Waals surface area contributed by atoms with Crippen LogP contribution in [0.25, 0.3) is 0 Å². The summed E-state index contributed by atoms with van der Waals surface area (Å²) in [6.07, 6.45) is 1.35. The summed E-state index contributed by atoms with van der Waals surface area (Å²) in [5, 5.41) is 0. The monoisotopic (exact) mass is 227 g/mol. The molecule has 7 heteroatoms.